The maximum absolute atomic E-state index is 11.6. The highest BCUT2D eigenvalue weighted by Gasteiger charge is 2.52. The van der Waals surface area contributed by atoms with E-state index in [4.69, 9.17) is 18.8 Å². The van der Waals surface area contributed by atoms with Crippen LogP contribution in [0, 0.1) is 13.8 Å². The summed E-state index contributed by atoms with van der Waals surface area (Å²) in [6.45, 7) is 12.1. The van der Waals surface area contributed by atoms with Crippen LogP contribution in [-0.4, -0.2) is 44.5 Å². The van der Waals surface area contributed by atoms with Gasteiger partial charge in [0.2, 0.25) is 0 Å². The second-order valence-corrected chi connectivity index (χ2v) is 11.5. The number of ether oxygens (including phenoxy) is 2. The molecule has 1 heterocycles. The van der Waals surface area contributed by atoms with Crippen molar-refractivity contribution >= 4 is 30.1 Å². The van der Waals surface area contributed by atoms with Crippen molar-refractivity contribution in [2.45, 2.75) is 65.6 Å². The molecule has 1 saturated heterocycles. The summed E-state index contributed by atoms with van der Waals surface area (Å²) in [5, 5.41) is 0. The smallest absolute Gasteiger partial charge is 0.465 e. The van der Waals surface area contributed by atoms with Crippen molar-refractivity contribution in [3.05, 3.63) is 106 Å². The Kier molecular flexibility index (Phi) is 8.90. The van der Waals surface area contributed by atoms with Gasteiger partial charge in [0.15, 0.2) is 0 Å². The Bertz CT molecular complexity index is 1470. The van der Waals surface area contributed by atoms with E-state index in [1.165, 1.54) is 36.5 Å². The molecule has 0 N–H and O–H groups in total. The van der Waals surface area contributed by atoms with Crippen LogP contribution in [0.1, 0.15) is 82.6 Å². The monoisotopic (exact) mass is 554 g/mol. The molecule has 1 fully saturated rings. The number of carbonyl (C=O) groups is 2. The highest BCUT2D eigenvalue weighted by Crippen LogP contribution is 2.37. The summed E-state index contributed by atoms with van der Waals surface area (Å²) in [5.74, 6) is -0.628. The summed E-state index contributed by atoms with van der Waals surface area (Å²) in [6.07, 6.45) is 4.45. The summed E-state index contributed by atoms with van der Waals surface area (Å²) >= 11 is 0. The van der Waals surface area contributed by atoms with Crippen LogP contribution in [0.2, 0.25) is 0 Å². The van der Waals surface area contributed by atoms with Crippen molar-refractivity contribution in [3.63, 3.8) is 0 Å². The van der Waals surface area contributed by atoms with Crippen molar-refractivity contribution in [3.8, 4) is 0 Å². The van der Waals surface area contributed by atoms with Crippen molar-refractivity contribution in [1.82, 2.24) is 0 Å². The Morgan fingerprint density at radius 2 is 1.32 bits per heavy atom. The van der Waals surface area contributed by atoms with Gasteiger partial charge in [-0.2, -0.15) is 0 Å². The van der Waals surface area contributed by atoms with E-state index in [-0.39, 0.29) is 23.1 Å². The van der Waals surface area contributed by atoms with Gasteiger partial charge in [-0.1, -0.05) is 48.0 Å². The van der Waals surface area contributed by atoms with Gasteiger partial charge in [0.1, 0.15) is 0 Å². The second-order valence-electron chi connectivity index (χ2n) is 11.5. The van der Waals surface area contributed by atoms with E-state index in [9.17, 15) is 9.59 Å². The summed E-state index contributed by atoms with van der Waals surface area (Å²) in [5.41, 5.74) is 8.54. The molecule has 0 aromatic heterocycles. The number of methoxy groups -OCH3 is 2. The van der Waals surface area contributed by atoms with Crippen LogP contribution in [-0.2, 0) is 25.2 Å². The molecule has 3 aromatic rings. The van der Waals surface area contributed by atoms with Gasteiger partial charge in [0.05, 0.1) is 36.5 Å². The van der Waals surface area contributed by atoms with Crippen LogP contribution in [0.25, 0.3) is 5.57 Å². The van der Waals surface area contributed by atoms with Crippen molar-refractivity contribution in [2.24, 2.45) is 0 Å². The third-order valence-corrected chi connectivity index (χ3v) is 8.21. The van der Waals surface area contributed by atoms with Crippen LogP contribution in [0.15, 0.2) is 66.7 Å². The first-order valence-corrected chi connectivity index (χ1v) is 13.9. The predicted molar refractivity (Wildman–Crippen MR) is 163 cm³/mol. The van der Waals surface area contributed by atoms with E-state index in [0.29, 0.717) is 11.1 Å². The molecule has 41 heavy (non-hydrogen) atoms. The first-order chi connectivity index (χ1) is 19.4. The van der Waals surface area contributed by atoms with Gasteiger partial charge in [-0.25, -0.2) is 9.59 Å². The Balaban J connectivity index is 0.000000189. The van der Waals surface area contributed by atoms with E-state index in [1.54, 1.807) is 12.1 Å². The third kappa shape index (κ3) is 6.31. The summed E-state index contributed by atoms with van der Waals surface area (Å²) in [4.78, 5) is 23.1. The molecule has 5 rings (SSSR count). The zero-order chi connectivity index (χ0) is 29.9. The first-order valence-electron chi connectivity index (χ1n) is 13.9. The van der Waals surface area contributed by atoms with Gasteiger partial charge in [0.25, 0.3) is 0 Å². The van der Waals surface area contributed by atoms with Gasteiger partial charge in [-0.05, 0) is 112 Å². The minimum Gasteiger partial charge on any atom is -0.465 e. The lowest BCUT2D eigenvalue weighted by molar-refractivity contribution is 0.00578. The fraction of sp³-hybridized carbons (Fsp3) is 0.353. The Morgan fingerprint density at radius 3 is 1.88 bits per heavy atom. The van der Waals surface area contributed by atoms with E-state index < -0.39 is 7.12 Å². The Morgan fingerprint density at radius 1 is 0.756 bits per heavy atom. The summed E-state index contributed by atoms with van der Waals surface area (Å²) in [6, 6.07) is 19.7. The molecule has 214 valence electrons. The number of hydrogen-bond donors (Lipinski definition) is 0. The highest BCUT2D eigenvalue weighted by molar-refractivity contribution is 6.62. The Labute approximate surface area is 243 Å². The van der Waals surface area contributed by atoms with E-state index in [2.05, 4.69) is 30.3 Å². The molecule has 0 spiro atoms. The number of aryl methyl sites for hydroxylation is 3. The lowest BCUT2D eigenvalue weighted by Crippen LogP contribution is -2.41. The topological polar surface area (TPSA) is 71.1 Å². The van der Waals surface area contributed by atoms with Gasteiger partial charge >= 0.3 is 19.1 Å². The number of carbonyl (C=O) groups excluding carboxylic acids is 2. The molecule has 0 saturated carbocycles. The molecule has 2 aliphatic rings. The molecule has 0 bridgehead atoms. The number of rotatable bonds is 4. The van der Waals surface area contributed by atoms with E-state index in [0.717, 1.165) is 29.4 Å². The number of esters is 2. The van der Waals surface area contributed by atoms with Crippen LogP contribution in [0.5, 0.6) is 0 Å². The Hall–Kier alpha value is -3.68. The summed E-state index contributed by atoms with van der Waals surface area (Å²) in [7, 11) is 2.37. The van der Waals surface area contributed by atoms with E-state index >= 15 is 0 Å². The van der Waals surface area contributed by atoms with Crippen LogP contribution in [0.4, 0.5) is 0 Å². The minimum absolute atomic E-state index is 0.289. The molecular weight excluding hydrogens is 515 g/mol. The van der Waals surface area contributed by atoms with Gasteiger partial charge in [0, 0.05) is 0 Å². The average Bonchev–Trinajstić information content (AvgIpc) is 3.18. The van der Waals surface area contributed by atoms with E-state index in [1.807, 2.05) is 65.8 Å². The van der Waals surface area contributed by atoms with Crippen LogP contribution < -0.4 is 5.46 Å². The number of hydrogen-bond acceptors (Lipinski definition) is 6. The molecule has 0 unspecified atom stereocenters. The molecule has 7 heteroatoms. The van der Waals surface area contributed by atoms with Crippen molar-refractivity contribution in [2.75, 3.05) is 14.2 Å². The summed E-state index contributed by atoms with van der Waals surface area (Å²) < 4.78 is 21.5. The second kappa shape index (κ2) is 12.1. The van der Waals surface area contributed by atoms with Crippen LogP contribution in [0.3, 0.4) is 0 Å². The zero-order valence-electron chi connectivity index (χ0n) is 25.3. The molecule has 1 aliphatic heterocycles. The quantitative estimate of drug-likeness (QED) is 0.281. The molecule has 0 amide bonds. The normalized spacial score (nSPS) is 16.6. The average molecular weight is 554 g/mol. The number of benzene rings is 3. The van der Waals surface area contributed by atoms with Crippen LogP contribution >= 0.6 is 0 Å². The largest absolute Gasteiger partial charge is 0.495 e. The van der Waals surface area contributed by atoms with Crippen molar-refractivity contribution < 1.29 is 28.4 Å². The maximum atomic E-state index is 11.6. The molecule has 3 aromatic carbocycles. The predicted octanol–water partition coefficient (Wildman–Crippen LogP) is 6.24. The van der Waals surface area contributed by atoms with Gasteiger partial charge in [-0.3, -0.25) is 0 Å². The van der Waals surface area contributed by atoms with Crippen molar-refractivity contribution in [1.29, 1.82) is 0 Å². The first kappa shape index (κ1) is 30.3. The molecule has 1 aliphatic carbocycles. The SMILES string of the molecule is COC(=O)c1ccc(B2OC(C)(C)C(C)(C)O2)c(C)c1.COC(=O)c1ccc(C2=CCCc3ccccc32)c(C)c1. The lowest BCUT2D eigenvalue weighted by atomic mass is 9.76. The third-order valence-electron chi connectivity index (χ3n) is 8.21. The molecule has 0 atom stereocenters. The van der Waals surface area contributed by atoms with Gasteiger partial charge < -0.3 is 18.8 Å². The number of fused-ring (bicyclic) bond motifs is 1. The maximum Gasteiger partial charge on any atom is 0.495 e. The fourth-order valence-corrected chi connectivity index (χ4v) is 5.10. The molecule has 0 radical (unpaired) electrons. The fourth-order valence-electron chi connectivity index (χ4n) is 5.10. The standard InChI is InChI=1S/C19H18O2.C15H21BO4/c1-13-12-15(19(20)21-2)10-11-16(13)18-9-5-7-14-6-3-4-8-17(14)18;1-10-9-11(13(17)18-6)7-8-12(10)16-19-14(2,3)15(4,5)20-16/h3-4,6,8-12H,5,7H2,1-2H3;7-9H,1-6H3. The minimum atomic E-state index is -0.410. The lowest BCUT2D eigenvalue weighted by Gasteiger charge is -2.32. The van der Waals surface area contributed by atoms with Gasteiger partial charge in [-0.15, -0.1) is 0 Å². The number of allylic oxidation sites excluding steroid dienone is 1. The molecule has 6 nitrogen and oxygen atoms in total. The zero-order valence-corrected chi connectivity index (χ0v) is 25.3. The molecular formula is C34H39BO6. The highest BCUT2D eigenvalue weighted by atomic mass is 16.7.